The van der Waals surface area contributed by atoms with Crippen molar-refractivity contribution in [2.75, 3.05) is 13.1 Å². The molecule has 2 heteroatoms. The van der Waals surface area contributed by atoms with E-state index in [1.807, 2.05) is 0 Å². The fraction of sp³-hybridized carbons (Fsp3) is 0.867. The van der Waals surface area contributed by atoms with Crippen LogP contribution in [0.15, 0.2) is 12.2 Å². The molecule has 0 aromatic carbocycles. The summed E-state index contributed by atoms with van der Waals surface area (Å²) in [6.07, 6.45) is 5.01. The first kappa shape index (κ1) is 14.7. The summed E-state index contributed by atoms with van der Waals surface area (Å²) >= 11 is 0. The van der Waals surface area contributed by atoms with Crippen molar-refractivity contribution in [3.05, 3.63) is 12.2 Å². The highest BCUT2D eigenvalue weighted by Crippen LogP contribution is 2.41. The molecule has 0 atom stereocenters. The van der Waals surface area contributed by atoms with Gasteiger partial charge < -0.3 is 11.1 Å². The lowest BCUT2D eigenvalue weighted by molar-refractivity contribution is 0.119. The van der Waals surface area contributed by atoms with Crippen molar-refractivity contribution in [3.8, 4) is 0 Å². The van der Waals surface area contributed by atoms with E-state index in [-0.39, 0.29) is 5.54 Å². The van der Waals surface area contributed by atoms with Crippen LogP contribution in [0.4, 0.5) is 0 Å². The van der Waals surface area contributed by atoms with Crippen LogP contribution in [0.25, 0.3) is 0 Å². The molecule has 1 rings (SSSR count). The average Bonchev–Trinajstić information content (AvgIpc) is 2.26. The molecule has 0 spiro atoms. The average molecular weight is 238 g/mol. The second-order valence-electron chi connectivity index (χ2n) is 6.94. The lowest BCUT2D eigenvalue weighted by Gasteiger charge is -2.44. The van der Waals surface area contributed by atoms with E-state index in [4.69, 9.17) is 5.73 Å². The smallest absolute Gasteiger partial charge is 0.0307 e. The lowest BCUT2D eigenvalue weighted by atomic mass is 9.67. The molecule has 1 aliphatic carbocycles. The van der Waals surface area contributed by atoms with Gasteiger partial charge in [0.2, 0.25) is 0 Å². The van der Waals surface area contributed by atoms with Gasteiger partial charge in [0, 0.05) is 18.6 Å². The van der Waals surface area contributed by atoms with Crippen molar-refractivity contribution in [1.82, 2.24) is 5.32 Å². The minimum absolute atomic E-state index is 0.167. The van der Waals surface area contributed by atoms with Gasteiger partial charge in [-0.1, -0.05) is 32.9 Å². The largest absolute Gasteiger partial charge is 0.329 e. The van der Waals surface area contributed by atoms with E-state index in [1.165, 1.54) is 31.3 Å². The van der Waals surface area contributed by atoms with Crippen molar-refractivity contribution in [1.29, 1.82) is 0 Å². The van der Waals surface area contributed by atoms with Gasteiger partial charge in [-0.05, 0) is 43.9 Å². The number of hydrogen-bond acceptors (Lipinski definition) is 2. The van der Waals surface area contributed by atoms with Crippen molar-refractivity contribution in [2.45, 2.75) is 58.9 Å². The summed E-state index contributed by atoms with van der Waals surface area (Å²) in [6.45, 7) is 14.7. The van der Waals surface area contributed by atoms with E-state index in [9.17, 15) is 0 Å². The van der Waals surface area contributed by atoms with E-state index >= 15 is 0 Å². The first-order chi connectivity index (χ1) is 7.79. The monoisotopic (exact) mass is 238 g/mol. The summed E-state index contributed by atoms with van der Waals surface area (Å²) in [6, 6.07) is 0. The molecule has 100 valence electrons. The topological polar surface area (TPSA) is 38.0 Å². The van der Waals surface area contributed by atoms with E-state index in [0.29, 0.717) is 5.41 Å². The maximum absolute atomic E-state index is 5.99. The molecule has 1 saturated carbocycles. The van der Waals surface area contributed by atoms with Crippen LogP contribution in [-0.4, -0.2) is 18.6 Å². The number of rotatable bonds is 4. The molecule has 2 nitrogen and oxygen atoms in total. The maximum atomic E-state index is 5.99. The number of nitrogens with one attached hydrogen (secondary N) is 1. The second-order valence-corrected chi connectivity index (χ2v) is 6.94. The summed E-state index contributed by atoms with van der Waals surface area (Å²) in [5.74, 6) is 0.841. The van der Waals surface area contributed by atoms with Gasteiger partial charge >= 0.3 is 0 Å². The predicted octanol–water partition coefficient (Wildman–Crippen LogP) is 3.09. The minimum Gasteiger partial charge on any atom is -0.329 e. The molecule has 0 aromatic heterocycles. The third kappa shape index (κ3) is 4.11. The molecule has 0 amide bonds. The molecule has 0 aliphatic heterocycles. The molecule has 1 aliphatic rings. The normalized spacial score (nSPS) is 30.3. The molecule has 0 bridgehead atoms. The Bertz CT molecular complexity index is 255. The third-order valence-electron chi connectivity index (χ3n) is 4.32. The molecule has 0 unspecified atom stereocenters. The first-order valence-corrected chi connectivity index (χ1v) is 6.88. The Kier molecular flexibility index (Phi) is 4.79. The summed E-state index contributed by atoms with van der Waals surface area (Å²) in [5.41, 5.74) is 7.78. The number of nitrogens with two attached hydrogens (primary N) is 1. The Morgan fingerprint density at radius 2 is 1.88 bits per heavy atom. The van der Waals surface area contributed by atoms with Crippen LogP contribution in [0.5, 0.6) is 0 Å². The highest BCUT2D eigenvalue weighted by atomic mass is 15.0. The Labute approximate surface area is 107 Å². The Balaban J connectivity index is 2.54. The van der Waals surface area contributed by atoms with Gasteiger partial charge in [0.25, 0.3) is 0 Å². The van der Waals surface area contributed by atoms with E-state index < -0.39 is 0 Å². The van der Waals surface area contributed by atoms with Crippen molar-refractivity contribution in [3.63, 3.8) is 0 Å². The minimum atomic E-state index is 0.167. The van der Waals surface area contributed by atoms with Crippen LogP contribution in [0.3, 0.4) is 0 Å². The summed E-state index contributed by atoms with van der Waals surface area (Å²) in [7, 11) is 0. The summed E-state index contributed by atoms with van der Waals surface area (Å²) < 4.78 is 0. The zero-order valence-corrected chi connectivity index (χ0v) is 12.1. The van der Waals surface area contributed by atoms with Crippen molar-refractivity contribution < 1.29 is 0 Å². The molecule has 17 heavy (non-hydrogen) atoms. The zero-order valence-electron chi connectivity index (χ0n) is 12.1. The quantitative estimate of drug-likeness (QED) is 0.739. The van der Waals surface area contributed by atoms with Crippen LogP contribution in [0.1, 0.15) is 53.4 Å². The van der Waals surface area contributed by atoms with Crippen LogP contribution >= 0.6 is 0 Å². The molecule has 0 aromatic rings. The van der Waals surface area contributed by atoms with E-state index in [2.05, 4.69) is 39.6 Å². The Hall–Kier alpha value is -0.340. The van der Waals surface area contributed by atoms with Gasteiger partial charge in [0.05, 0.1) is 0 Å². The molecule has 1 fully saturated rings. The fourth-order valence-electron chi connectivity index (χ4n) is 2.83. The van der Waals surface area contributed by atoms with Crippen LogP contribution in [0.2, 0.25) is 0 Å². The predicted molar refractivity (Wildman–Crippen MR) is 76.0 cm³/mol. The van der Waals surface area contributed by atoms with Crippen LogP contribution < -0.4 is 11.1 Å². The standard InChI is InChI=1S/C15H30N2/c1-12(2)10-17-15(11-16)8-6-13(7-9-15)14(3,4)5/h13,17H,1,6-11,16H2,2-5H3. The first-order valence-electron chi connectivity index (χ1n) is 6.88. The lowest BCUT2D eigenvalue weighted by Crippen LogP contribution is -2.54. The highest BCUT2D eigenvalue weighted by molar-refractivity contribution is 5.00. The summed E-state index contributed by atoms with van der Waals surface area (Å²) in [5, 5.41) is 3.63. The van der Waals surface area contributed by atoms with Crippen molar-refractivity contribution >= 4 is 0 Å². The zero-order chi connectivity index (χ0) is 13.1. The van der Waals surface area contributed by atoms with Gasteiger partial charge in [0.15, 0.2) is 0 Å². The third-order valence-corrected chi connectivity index (χ3v) is 4.32. The molecule has 0 radical (unpaired) electrons. The van der Waals surface area contributed by atoms with Gasteiger partial charge in [0.1, 0.15) is 0 Å². The second kappa shape index (κ2) is 5.53. The molecule has 0 heterocycles. The van der Waals surface area contributed by atoms with Crippen LogP contribution in [-0.2, 0) is 0 Å². The van der Waals surface area contributed by atoms with Gasteiger partial charge in [-0.3, -0.25) is 0 Å². The van der Waals surface area contributed by atoms with E-state index in [1.54, 1.807) is 0 Å². The Morgan fingerprint density at radius 1 is 1.35 bits per heavy atom. The molecule has 0 saturated heterocycles. The number of hydrogen-bond donors (Lipinski definition) is 2. The van der Waals surface area contributed by atoms with Gasteiger partial charge in [-0.25, -0.2) is 0 Å². The fourth-order valence-corrected chi connectivity index (χ4v) is 2.83. The van der Waals surface area contributed by atoms with Crippen LogP contribution in [0, 0.1) is 11.3 Å². The SMILES string of the molecule is C=C(C)CNC1(CN)CCC(C(C)(C)C)CC1. The molecular weight excluding hydrogens is 208 g/mol. The Morgan fingerprint density at radius 3 is 2.24 bits per heavy atom. The van der Waals surface area contributed by atoms with Gasteiger partial charge in [-0.15, -0.1) is 0 Å². The van der Waals surface area contributed by atoms with Crippen molar-refractivity contribution in [2.24, 2.45) is 17.1 Å². The molecular formula is C15H30N2. The van der Waals surface area contributed by atoms with E-state index in [0.717, 1.165) is 19.0 Å². The highest BCUT2D eigenvalue weighted by Gasteiger charge is 2.37. The summed E-state index contributed by atoms with van der Waals surface area (Å²) in [4.78, 5) is 0. The molecule has 3 N–H and O–H groups in total. The maximum Gasteiger partial charge on any atom is 0.0307 e. The van der Waals surface area contributed by atoms with Gasteiger partial charge in [-0.2, -0.15) is 0 Å².